The molecule has 0 unspecified atom stereocenters. The molecule has 0 radical (unpaired) electrons. The highest BCUT2D eigenvalue weighted by Gasteiger charge is 2.30. The molecule has 0 N–H and O–H groups in total. The summed E-state index contributed by atoms with van der Waals surface area (Å²) in [6.45, 7) is 1.26. The van der Waals surface area contributed by atoms with Gasteiger partial charge in [-0.3, -0.25) is 0 Å². The molecule has 0 spiro atoms. The van der Waals surface area contributed by atoms with Crippen molar-refractivity contribution in [3.63, 3.8) is 0 Å². The number of aromatic nitrogens is 3. The van der Waals surface area contributed by atoms with Crippen LogP contribution in [0.2, 0.25) is 0 Å². The number of rotatable bonds is 3. The lowest BCUT2D eigenvalue weighted by molar-refractivity contribution is -0.137. The zero-order chi connectivity index (χ0) is 17.4. The highest BCUT2D eigenvalue weighted by atomic mass is 32.1. The van der Waals surface area contributed by atoms with Gasteiger partial charge in [-0.05, 0) is 18.6 Å². The van der Waals surface area contributed by atoms with Crippen LogP contribution in [0.3, 0.4) is 0 Å². The minimum absolute atomic E-state index is 0.130. The number of nitrogens with zero attached hydrogens (tertiary/aromatic N) is 3. The minimum Gasteiger partial charge on any atom is -0.381 e. The van der Waals surface area contributed by atoms with E-state index in [2.05, 4.69) is 15.1 Å². The van der Waals surface area contributed by atoms with Crippen LogP contribution in [0.1, 0.15) is 23.7 Å². The first-order chi connectivity index (χ1) is 12.0. The molecule has 1 aliphatic rings. The number of halogens is 3. The third-order valence-corrected chi connectivity index (χ3v) is 4.81. The zero-order valence-electron chi connectivity index (χ0n) is 12.8. The second kappa shape index (κ2) is 6.23. The molecular formula is C16H12F3N3O2S. The van der Waals surface area contributed by atoms with Gasteiger partial charge < -0.3 is 9.26 Å². The van der Waals surface area contributed by atoms with Crippen molar-refractivity contribution in [2.24, 2.45) is 0 Å². The van der Waals surface area contributed by atoms with Gasteiger partial charge in [0.2, 0.25) is 0 Å². The van der Waals surface area contributed by atoms with Crippen LogP contribution in [-0.2, 0) is 10.9 Å². The average Bonchev–Trinajstić information content (AvgIpc) is 3.33. The van der Waals surface area contributed by atoms with Crippen molar-refractivity contribution < 1.29 is 22.4 Å². The van der Waals surface area contributed by atoms with Crippen LogP contribution in [0, 0.1) is 0 Å². The predicted molar refractivity (Wildman–Crippen MR) is 84.0 cm³/mol. The average molecular weight is 367 g/mol. The summed E-state index contributed by atoms with van der Waals surface area (Å²) in [5, 5.41) is 6.30. The smallest absolute Gasteiger partial charge is 0.381 e. The second-order valence-corrected chi connectivity index (χ2v) is 6.49. The van der Waals surface area contributed by atoms with Crippen molar-refractivity contribution in [1.82, 2.24) is 15.1 Å². The Labute approximate surface area is 144 Å². The van der Waals surface area contributed by atoms with Gasteiger partial charge >= 0.3 is 6.18 Å². The molecule has 0 saturated carbocycles. The van der Waals surface area contributed by atoms with E-state index in [9.17, 15) is 13.2 Å². The Kier molecular flexibility index (Phi) is 4.04. The number of hydrogen-bond acceptors (Lipinski definition) is 6. The predicted octanol–water partition coefficient (Wildman–Crippen LogP) is 4.38. The molecular weight excluding hydrogens is 355 g/mol. The Morgan fingerprint density at radius 3 is 2.60 bits per heavy atom. The first-order valence-electron chi connectivity index (χ1n) is 7.55. The zero-order valence-corrected chi connectivity index (χ0v) is 13.6. The molecule has 3 aromatic rings. The van der Waals surface area contributed by atoms with Gasteiger partial charge in [0.25, 0.3) is 5.89 Å². The van der Waals surface area contributed by atoms with Crippen LogP contribution in [0.5, 0.6) is 0 Å². The molecule has 1 saturated heterocycles. The number of benzene rings is 1. The van der Waals surface area contributed by atoms with Gasteiger partial charge in [-0.2, -0.15) is 18.2 Å². The SMILES string of the molecule is FC(F)(F)c1ccc(-c2nc(-c3nc([C@@H]4CCOC4)no3)cs2)cc1. The van der Waals surface area contributed by atoms with Crippen molar-refractivity contribution in [2.75, 3.05) is 13.2 Å². The summed E-state index contributed by atoms with van der Waals surface area (Å²) < 4.78 is 48.4. The molecule has 25 heavy (non-hydrogen) atoms. The van der Waals surface area contributed by atoms with Crippen molar-refractivity contribution >= 4 is 11.3 Å². The molecule has 4 rings (SSSR count). The molecule has 5 nitrogen and oxygen atoms in total. The van der Waals surface area contributed by atoms with E-state index in [0.29, 0.717) is 41.2 Å². The van der Waals surface area contributed by atoms with Gasteiger partial charge in [0.1, 0.15) is 10.7 Å². The van der Waals surface area contributed by atoms with Gasteiger partial charge in [-0.25, -0.2) is 4.98 Å². The highest BCUT2D eigenvalue weighted by molar-refractivity contribution is 7.13. The Morgan fingerprint density at radius 1 is 1.12 bits per heavy atom. The molecule has 0 aliphatic carbocycles. The van der Waals surface area contributed by atoms with Crippen LogP contribution < -0.4 is 0 Å². The summed E-state index contributed by atoms with van der Waals surface area (Å²) in [4.78, 5) is 8.75. The molecule has 9 heteroatoms. The molecule has 130 valence electrons. The largest absolute Gasteiger partial charge is 0.416 e. The van der Waals surface area contributed by atoms with Crippen LogP contribution in [-0.4, -0.2) is 28.3 Å². The Hall–Kier alpha value is -2.26. The molecule has 3 heterocycles. The van der Waals surface area contributed by atoms with E-state index >= 15 is 0 Å². The van der Waals surface area contributed by atoms with Crippen molar-refractivity contribution in [1.29, 1.82) is 0 Å². The molecule has 1 aliphatic heterocycles. The monoisotopic (exact) mass is 367 g/mol. The lowest BCUT2D eigenvalue weighted by atomic mass is 10.1. The van der Waals surface area contributed by atoms with Gasteiger partial charge in [0.05, 0.1) is 12.2 Å². The summed E-state index contributed by atoms with van der Waals surface area (Å²) in [5.41, 5.74) is 0.430. The van der Waals surface area contributed by atoms with Crippen molar-refractivity contribution in [2.45, 2.75) is 18.5 Å². The third kappa shape index (κ3) is 3.29. The lowest BCUT2D eigenvalue weighted by Crippen LogP contribution is -2.03. The Balaban J connectivity index is 1.56. The molecule has 0 bridgehead atoms. The Morgan fingerprint density at radius 2 is 1.92 bits per heavy atom. The highest BCUT2D eigenvalue weighted by Crippen LogP contribution is 2.33. The number of alkyl halides is 3. The van der Waals surface area contributed by atoms with Crippen molar-refractivity contribution in [3.8, 4) is 22.2 Å². The van der Waals surface area contributed by atoms with E-state index in [4.69, 9.17) is 9.26 Å². The maximum absolute atomic E-state index is 12.6. The number of thiazole rings is 1. The summed E-state index contributed by atoms with van der Waals surface area (Å²) in [7, 11) is 0. The van der Waals surface area contributed by atoms with Crippen LogP contribution >= 0.6 is 11.3 Å². The fourth-order valence-electron chi connectivity index (χ4n) is 2.55. The first-order valence-corrected chi connectivity index (χ1v) is 8.43. The lowest BCUT2D eigenvalue weighted by Gasteiger charge is -2.06. The van der Waals surface area contributed by atoms with E-state index in [1.165, 1.54) is 23.5 Å². The summed E-state index contributed by atoms with van der Waals surface area (Å²) in [5.74, 6) is 1.03. The van der Waals surface area contributed by atoms with E-state index in [1.807, 2.05) is 0 Å². The molecule has 0 amide bonds. The van der Waals surface area contributed by atoms with Crippen LogP contribution in [0.25, 0.3) is 22.2 Å². The second-order valence-electron chi connectivity index (χ2n) is 5.63. The van der Waals surface area contributed by atoms with Gasteiger partial charge in [0.15, 0.2) is 5.82 Å². The van der Waals surface area contributed by atoms with E-state index in [0.717, 1.165) is 18.6 Å². The molecule has 1 atom stereocenters. The maximum atomic E-state index is 12.6. The fraction of sp³-hybridized carbons (Fsp3) is 0.312. The number of hydrogen-bond donors (Lipinski definition) is 0. The van der Waals surface area contributed by atoms with Crippen LogP contribution in [0.4, 0.5) is 13.2 Å². The maximum Gasteiger partial charge on any atom is 0.416 e. The van der Waals surface area contributed by atoms with E-state index in [-0.39, 0.29) is 5.92 Å². The van der Waals surface area contributed by atoms with Gasteiger partial charge in [-0.15, -0.1) is 11.3 Å². The molecule has 1 aromatic carbocycles. The normalized spacial score (nSPS) is 18.0. The van der Waals surface area contributed by atoms with E-state index in [1.54, 1.807) is 5.38 Å². The third-order valence-electron chi connectivity index (χ3n) is 3.92. The quantitative estimate of drug-likeness (QED) is 0.687. The van der Waals surface area contributed by atoms with Gasteiger partial charge in [0, 0.05) is 23.5 Å². The first kappa shape index (κ1) is 16.2. The van der Waals surface area contributed by atoms with Crippen LogP contribution in [0.15, 0.2) is 34.2 Å². The standard InChI is InChI=1S/C16H12F3N3O2S/c17-16(18,19)11-3-1-9(2-4-11)15-20-12(8-25-15)14-21-13(22-24-14)10-5-6-23-7-10/h1-4,8,10H,5-7H2/t10-/m1/s1. The number of ether oxygens (including phenoxy) is 1. The van der Waals surface area contributed by atoms with Crippen molar-refractivity contribution in [3.05, 3.63) is 41.0 Å². The summed E-state index contributed by atoms with van der Waals surface area (Å²) in [6, 6.07) is 4.89. The molecule has 1 fully saturated rings. The Bertz CT molecular complexity index is 867. The molecule has 2 aromatic heterocycles. The van der Waals surface area contributed by atoms with Gasteiger partial charge in [-0.1, -0.05) is 17.3 Å². The topological polar surface area (TPSA) is 61.0 Å². The summed E-state index contributed by atoms with van der Waals surface area (Å²) >= 11 is 1.31. The summed E-state index contributed by atoms with van der Waals surface area (Å²) in [6.07, 6.45) is -3.50. The minimum atomic E-state index is -4.35. The fourth-order valence-corrected chi connectivity index (χ4v) is 3.35. The van der Waals surface area contributed by atoms with E-state index < -0.39 is 11.7 Å².